The molecule has 1 aromatic heterocycles. The van der Waals surface area contributed by atoms with E-state index in [1.807, 2.05) is 57.2 Å². The van der Waals surface area contributed by atoms with Gasteiger partial charge < -0.3 is 9.52 Å². The summed E-state index contributed by atoms with van der Waals surface area (Å²) < 4.78 is 5.15. The Labute approximate surface area is 140 Å². The van der Waals surface area contributed by atoms with Crippen LogP contribution in [0.1, 0.15) is 50.4 Å². The minimum atomic E-state index is -0.944. The van der Waals surface area contributed by atoms with Crippen LogP contribution in [0.5, 0.6) is 0 Å². The van der Waals surface area contributed by atoms with Gasteiger partial charge in [0.25, 0.3) is 0 Å². The number of oxazole rings is 1. The Balaban J connectivity index is 1.96. The van der Waals surface area contributed by atoms with Gasteiger partial charge in [0.05, 0.1) is 0 Å². The second-order valence-corrected chi connectivity index (χ2v) is 8.05. The number of aliphatic hydroxyl groups is 1. The van der Waals surface area contributed by atoms with Crippen LogP contribution in [-0.2, 0) is 4.79 Å². The Morgan fingerprint density at radius 3 is 2.65 bits per heavy atom. The largest absolute Gasteiger partial charge is 0.445 e. The summed E-state index contributed by atoms with van der Waals surface area (Å²) in [4.78, 5) is 16.1. The molecule has 0 fully saturated rings. The first-order chi connectivity index (χ1) is 10.8. The van der Waals surface area contributed by atoms with Gasteiger partial charge in [-0.1, -0.05) is 62.9 Å². The molecule has 0 radical (unpaired) electrons. The molecule has 23 heavy (non-hydrogen) atoms. The van der Waals surface area contributed by atoms with Gasteiger partial charge in [-0.3, -0.25) is 4.79 Å². The van der Waals surface area contributed by atoms with E-state index >= 15 is 0 Å². The lowest BCUT2D eigenvalue weighted by atomic mass is 10.2. The quantitative estimate of drug-likeness (QED) is 0.883. The molecule has 1 atom stereocenters. The molecular formula is C18H21NO3S. The van der Waals surface area contributed by atoms with Crippen LogP contribution < -0.4 is 0 Å². The Morgan fingerprint density at radius 2 is 2.00 bits per heavy atom. The SMILES string of the molecule is CC(C)(C)SC(=O)CC(O)c1coc(/C=C/c2ccccc2)n1. The highest BCUT2D eigenvalue weighted by Gasteiger charge is 2.21. The third-order valence-corrected chi connectivity index (χ3v) is 3.89. The first-order valence-electron chi connectivity index (χ1n) is 7.42. The summed E-state index contributed by atoms with van der Waals surface area (Å²) in [6.07, 6.45) is 4.08. The van der Waals surface area contributed by atoms with Crippen molar-refractivity contribution in [2.24, 2.45) is 0 Å². The Kier molecular flexibility index (Phi) is 5.80. The first-order valence-corrected chi connectivity index (χ1v) is 8.23. The second kappa shape index (κ2) is 7.62. The van der Waals surface area contributed by atoms with E-state index < -0.39 is 6.10 Å². The summed E-state index contributed by atoms with van der Waals surface area (Å²) >= 11 is 1.22. The van der Waals surface area contributed by atoms with Crippen molar-refractivity contribution in [3.05, 3.63) is 53.7 Å². The van der Waals surface area contributed by atoms with Crippen LogP contribution in [0.2, 0.25) is 0 Å². The van der Waals surface area contributed by atoms with E-state index in [1.165, 1.54) is 18.0 Å². The predicted octanol–water partition coefficient (Wildman–Crippen LogP) is 4.33. The number of carbonyl (C=O) groups excluding carboxylic acids is 1. The van der Waals surface area contributed by atoms with Crippen LogP contribution in [0.4, 0.5) is 0 Å². The van der Waals surface area contributed by atoms with Gasteiger partial charge in [0.15, 0.2) is 5.12 Å². The van der Waals surface area contributed by atoms with Crippen molar-refractivity contribution in [2.45, 2.75) is 38.0 Å². The van der Waals surface area contributed by atoms with Crippen molar-refractivity contribution in [3.8, 4) is 0 Å². The number of hydrogen-bond donors (Lipinski definition) is 1. The molecule has 0 aliphatic carbocycles. The fourth-order valence-corrected chi connectivity index (χ4v) is 2.83. The van der Waals surface area contributed by atoms with Gasteiger partial charge in [0.1, 0.15) is 18.1 Å². The summed E-state index contributed by atoms with van der Waals surface area (Å²) in [5.74, 6) is 0.402. The van der Waals surface area contributed by atoms with E-state index in [0.717, 1.165) is 5.56 Å². The third kappa shape index (κ3) is 6.04. The Hall–Kier alpha value is -1.85. The van der Waals surface area contributed by atoms with Gasteiger partial charge in [0, 0.05) is 17.2 Å². The third-order valence-electron chi connectivity index (χ3n) is 2.88. The fourth-order valence-electron chi connectivity index (χ4n) is 1.91. The molecule has 1 N–H and O–H groups in total. The van der Waals surface area contributed by atoms with Crippen molar-refractivity contribution >= 4 is 29.0 Å². The average molecular weight is 331 g/mol. The molecule has 122 valence electrons. The zero-order valence-corrected chi connectivity index (χ0v) is 14.3. The summed E-state index contributed by atoms with van der Waals surface area (Å²) in [6, 6.07) is 9.78. The number of hydrogen-bond acceptors (Lipinski definition) is 5. The molecule has 0 aliphatic heterocycles. The van der Waals surface area contributed by atoms with Crippen molar-refractivity contribution < 1.29 is 14.3 Å². The molecule has 0 spiro atoms. The van der Waals surface area contributed by atoms with Crippen LogP contribution in [-0.4, -0.2) is 20.0 Å². The summed E-state index contributed by atoms with van der Waals surface area (Å²) in [5.41, 5.74) is 1.41. The molecule has 1 unspecified atom stereocenters. The highest BCUT2D eigenvalue weighted by Crippen LogP contribution is 2.28. The number of aliphatic hydroxyl groups excluding tert-OH is 1. The molecule has 5 heteroatoms. The lowest BCUT2D eigenvalue weighted by molar-refractivity contribution is -0.112. The van der Waals surface area contributed by atoms with E-state index in [9.17, 15) is 9.90 Å². The van der Waals surface area contributed by atoms with Crippen molar-refractivity contribution in [1.29, 1.82) is 0 Å². The van der Waals surface area contributed by atoms with Gasteiger partial charge in [-0.2, -0.15) is 0 Å². The van der Waals surface area contributed by atoms with E-state index in [4.69, 9.17) is 4.42 Å². The summed E-state index contributed by atoms with van der Waals surface area (Å²) in [6.45, 7) is 5.89. The molecule has 0 saturated heterocycles. The number of rotatable bonds is 5. The predicted molar refractivity (Wildman–Crippen MR) is 93.8 cm³/mol. The number of nitrogens with zero attached hydrogens (tertiary/aromatic N) is 1. The second-order valence-electron chi connectivity index (χ2n) is 6.16. The number of aromatic nitrogens is 1. The first kappa shape index (κ1) is 17.5. The lowest BCUT2D eigenvalue weighted by Crippen LogP contribution is -2.14. The molecule has 1 heterocycles. The van der Waals surface area contributed by atoms with E-state index in [-0.39, 0.29) is 16.3 Å². The highest BCUT2D eigenvalue weighted by atomic mass is 32.2. The minimum absolute atomic E-state index is 0.0241. The van der Waals surface area contributed by atoms with Gasteiger partial charge in [-0.15, -0.1) is 0 Å². The maximum absolute atomic E-state index is 11.9. The zero-order valence-electron chi connectivity index (χ0n) is 13.5. The summed E-state index contributed by atoms with van der Waals surface area (Å²) in [5, 5.41) is 10.0. The molecule has 0 amide bonds. The van der Waals surface area contributed by atoms with E-state index in [1.54, 1.807) is 6.08 Å². The van der Waals surface area contributed by atoms with Crippen molar-refractivity contribution in [3.63, 3.8) is 0 Å². The molecule has 2 aromatic rings. The van der Waals surface area contributed by atoms with Crippen LogP contribution in [0.15, 0.2) is 41.0 Å². The van der Waals surface area contributed by atoms with Gasteiger partial charge in [0.2, 0.25) is 5.89 Å². The van der Waals surface area contributed by atoms with Gasteiger partial charge >= 0.3 is 0 Å². The fraction of sp³-hybridized carbons (Fsp3) is 0.333. The molecule has 0 aliphatic rings. The smallest absolute Gasteiger partial charge is 0.218 e. The lowest BCUT2D eigenvalue weighted by Gasteiger charge is -2.16. The monoisotopic (exact) mass is 331 g/mol. The van der Waals surface area contributed by atoms with E-state index in [2.05, 4.69) is 4.98 Å². The van der Waals surface area contributed by atoms with Gasteiger partial charge in [-0.25, -0.2) is 4.98 Å². The molecule has 2 rings (SSSR count). The number of carbonyl (C=O) groups is 1. The maximum atomic E-state index is 11.9. The topological polar surface area (TPSA) is 63.3 Å². The van der Waals surface area contributed by atoms with Crippen LogP contribution >= 0.6 is 11.8 Å². The average Bonchev–Trinajstić information content (AvgIpc) is 2.93. The van der Waals surface area contributed by atoms with Crippen LogP contribution in [0, 0.1) is 0 Å². The van der Waals surface area contributed by atoms with Gasteiger partial charge in [-0.05, 0) is 11.6 Å². The Morgan fingerprint density at radius 1 is 1.30 bits per heavy atom. The number of benzene rings is 1. The molecule has 4 nitrogen and oxygen atoms in total. The molecule has 1 aromatic carbocycles. The van der Waals surface area contributed by atoms with Crippen molar-refractivity contribution in [1.82, 2.24) is 4.98 Å². The normalized spacial score (nSPS) is 13.4. The number of thioether (sulfide) groups is 1. The molecule has 0 saturated carbocycles. The van der Waals surface area contributed by atoms with Crippen LogP contribution in [0.25, 0.3) is 12.2 Å². The molecular weight excluding hydrogens is 310 g/mol. The molecule has 0 bridgehead atoms. The van der Waals surface area contributed by atoms with Crippen molar-refractivity contribution in [2.75, 3.05) is 0 Å². The zero-order chi connectivity index (χ0) is 16.9. The maximum Gasteiger partial charge on any atom is 0.218 e. The highest BCUT2D eigenvalue weighted by molar-refractivity contribution is 8.14. The Bertz CT molecular complexity index is 671. The van der Waals surface area contributed by atoms with E-state index in [0.29, 0.717) is 11.6 Å². The van der Waals surface area contributed by atoms with Crippen LogP contribution in [0.3, 0.4) is 0 Å². The summed E-state index contributed by atoms with van der Waals surface area (Å²) in [7, 11) is 0. The standard InChI is InChI=1S/C18H21NO3S/c1-18(2,3)23-17(21)11-15(20)14-12-22-16(19-14)10-9-13-7-5-4-6-8-13/h4-10,12,15,20H,11H2,1-3H3/b10-9+. The minimum Gasteiger partial charge on any atom is -0.445 e.